The zero-order valence-corrected chi connectivity index (χ0v) is 13.3. The zero-order chi connectivity index (χ0) is 16.9. The van der Waals surface area contributed by atoms with E-state index < -0.39 is 23.9 Å². The van der Waals surface area contributed by atoms with Crippen LogP contribution in [0.1, 0.15) is 44.7 Å². The lowest BCUT2D eigenvalue weighted by atomic mass is 10.1. The topological polar surface area (TPSA) is 112 Å². The number of pyridine rings is 1. The molecular weight excluding hydrogens is 288 g/mol. The monoisotopic (exact) mass is 312 g/mol. The van der Waals surface area contributed by atoms with E-state index in [1.54, 1.807) is 33.8 Å². The summed E-state index contributed by atoms with van der Waals surface area (Å²) in [7, 11) is 0. The Morgan fingerprint density at radius 2 is 2.00 bits per heavy atom. The van der Waals surface area contributed by atoms with Gasteiger partial charge < -0.3 is 25.4 Å². The van der Waals surface area contributed by atoms with E-state index in [0.717, 1.165) is 0 Å². The van der Waals surface area contributed by atoms with Crippen LogP contribution in [0.5, 0.6) is 5.75 Å². The highest BCUT2D eigenvalue weighted by atomic mass is 16.6. The Labute approximate surface area is 130 Å². The number of amides is 1. The van der Waals surface area contributed by atoms with Crippen LogP contribution in [0.2, 0.25) is 0 Å². The van der Waals surface area contributed by atoms with Crippen LogP contribution in [0.25, 0.3) is 0 Å². The van der Waals surface area contributed by atoms with E-state index in [-0.39, 0.29) is 24.4 Å². The molecule has 7 nitrogen and oxygen atoms in total. The first-order valence-corrected chi connectivity index (χ1v) is 7.09. The molecule has 2 atom stereocenters. The van der Waals surface area contributed by atoms with Gasteiger partial charge in [-0.3, -0.25) is 4.98 Å². The smallest absolute Gasteiger partial charge is 0.407 e. The number of rotatable bonds is 5. The summed E-state index contributed by atoms with van der Waals surface area (Å²) >= 11 is 0. The van der Waals surface area contributed by atoms with Gasteiger partial charge in [-0.15, -0.1) is 0 Å². The van der Waals surface area contributed by atoms with Crippen molar-refractivity contribution in [3.05, 3.63) is 23.5 Å². The molecule has 1 rings (SSSR count). The summed E-state index contributed by atoms with van der Waals surface area (Å²) in [6, 6.07) is 3.01. The summed E-state index contributed by atoms with van der Waals surface area (Å²) in [5.74, 6) is -0.183. The van der Waals surface area contributed by atoms with Crippen molar-refractivity contribution in [3.8, 4) is 5.75 Å². The van der Waals surface area contributed by atoms with E-state index in [0.29, 0.717) is 5.69 Å². The first kappa shape index (κ1) is 18.2. The van der Waals surface area contributed by atoms with Crippen LogP contribution in [0.4, 0.5) is 4.79 Å². The van der Waals surface area contributed by atoms with Crippen molar-refractivity contribution in [2.45, 2.75) is 51.9 Å². The number of carbonyl (C=O) groups is 1. The Balaban J connectivity index is 2.50. The van der Waals surface area contributed by atoms with Gasteiger partial charge in [0.2, 0.25) is 0 Å². The lowest BCUT2D eigenvalue weighted by molar-refractivity contribution is 0.00852. The van der Waals surface area contributed by atoms with Gasteiger partial charge in [0.15, 0.2) is 0 Å². The number of aliphatic hydroxyl groups excluding tert-OH is 2. The van der Waals surface area contributed by atoms with Crippen LogP contribution in [0.3, 0.4) is 0 Å². The van der Waals surface area contributed by atoms with E-state index in [1.165, 1.54) is 6.07 Å². The summed E-state index contributed by atoms with van der Waals surface area (Å²) in [6.45, 7) is 7.08. The van der Waals surface area contributed by atoms with Crippen LogP contribution in [0, 0.1) is 6.92 Å². The molecule has 1 aromatic rings. The molecule has 1 aromatic heterocycles. The van der Waals surface area contributed by atoms with E-state index in [4.69, 9.17) is 4.74 Å². The van der Waals surface area contributed by atoms with Gasteiger partial charge in [0.1, 0.15) is 23.1 Å². The zero-order valence-electron chi connectivity index (χ0n) is 13.3. The minimum atomic E-state index is -1.33. The second kappa shape index (κ2) is 7.42. The van der Waals surface area contributed by atoms with Crippen molar-refractivity contribution in [2.24, 2.45) is 0 Å². The fourth-order valence-electron chi connectivity index (χ4n) is 1.76. The quantitative estimate of drug-likeness (QED) is 0.654. The number of aryl methyl sites for hydroxylation is 1. The Hall–Kier alpha value is -1.86. The average molecular weight is 312 g/mol. The number of aromatic nitrogens is 1. The Morgan fingerprint density at radius 1 is 1.36 bits per heavy atom. The molecule has 0 aliphatic carbocycles. The molecule has 1 amide bonds. The highest BCUT2D eigenvalue weighted by molar-refractivity contribution is 5.67. The van der Waals surface area contributed by atoms with Gasteiger partial charge in [0.05, 0.1) is 6.10 Å². The molecular formula is C15H24N2O5. The van der Waals surface area contributed by atoms with Crippen LogP contribution < -0.4 is 5.32 Å². The fraction of sp³-hybridized carbons (Fsp3) is 0.600. The summed E-state index contributed by atoms with van der Waals surface area (Å²) in [5, 5.41) is 32.1. The highest BCUT2D eigenvalue weighted by Crippen LogP contribution is 2.25. The third-order valence-corrected chi connectivity index (χ3v) is 2.79. The van der Waals surface area contributed by atoms with E-state index in [2.05, 4.69) is 10.3 Å². The molecule has 0 saturated heterocycles. The lowest BCUT2D eigenvalue weighted by Crippen LogP contribution is -2.34. The molecule has 7 heteroatoms. The van der Waals surface area contributed by atoms with Crippen molar-refractivity contribution in [1.82, 2.24) is 10.3 Å². The maximum atomic E-state index is 11.4. The first-order chi connectivity index (χ1) is 10.1. The predicted octanol–water partition coefficient (Wildman–Crippen LogP) is 1.40. The Kier molecular flexibility index (Phi) is 6.13. The van der Waals surface area contributed by atoms with Crippen LogP contribution in [0.15, 0.2) is 12.1 Å². The van der Waals surface area contributed by atoms with Crippen molar-refractivity contribution in [2.75, 3.05) is 6.54 Å². The molecule has 0 aromatic carbocycles. The maximum absolute atomic E-state index is 11.4. The summed E-state index contributed by atoms with van der Waals surface area (Å²) < 4.78 is 5.05. The minimum absolute atomic E-state index is 0.0183. The number of hydrogen-bond donors (Lipinski definition) is 4. The van der Waals surface area contributed by atoms with E-state index in [1.807, 2.05) is 0 Å². The number of ether oxygens (including phenoxy) is 1. The second-order valence-corrected chi connectivity index (χ2v) is 6.09. The van der Waals surface area contributed by atoms with Crippen molar-refractivity contribution < 1.29 is 24.9 Å². The molecule has 0 saturated carbocycles. The number of nitrogens with one attached hydrogen (secondary N) is 1. The largest absolute Gasteiger partial charge is 0.506 e. The second-order valence-electron chi connectivity index (χ2n) is 6.09. The van der Waals surface area contributed by atoms with Gasteiger partial charge in [0.25, 0.3) is 0 Å². The standard InChI is InChI=1S/C15H24N2O5/c1-9-5-6-10(18)12(17-9)13(20)11(19)7-8-16-14(21)22-15(2,3)4/h5-6,11,13,18-20H,7-8H2,1-4H3,(H,16,21). The molecule has 0 fully saturated rings. The molecule has 22 heavy (non-hydrogen) atoms. The first-order valence-electron chi connectivity index (χ1n) is 7.09. The van der Waals surface area contributed by atoms with Gasteiger partial charge in [-0.1, -0.05) is 0 Å². The molecule has 0 spiro atoms. The van der Waals surface area contributed by atoms with Crippen molar-refractivity contribution in [1.29, 1.82) is 0 Å². The number of hydrogen-bond acceptors (Lipinski definition) is 6. The van der Waals surface area contributed by atoms with Crippen LogP contribution in [-0.2, 0) is 4.74 Å². The summed E-state index contributed by atoms with van der Waals surface area (Å²) in [4.78, 5) is 15.5. The van der Waals surface area contributed by atoms with Gasteiger partial charge in [-0.2, -0.15) is 0 Å². The van der Waals surface area contributed by atoms with Crippen molar-refractivity contribution >= 4 is 6.09 Å². The molecule has 4 N–H and O–H groups in total. The lowest BCUT2D eigenvalue weighted by Gasteiger charge is -2.21. The number of nitrogens with zero attached hydrogens (tertiary/aromatic N) is 1. The molecule has 0 aliphatic heterocycles. The minimum Gasteiger partial charge on any atom is -0.506 e. The van der Waals surface area contributed by atoms with Crippen LogP contribution >= 0.6 is 0 Å². The summed E-state index contributed by atoms with van der Waals surface area (Å²) in [5.41, 5.74) is 0.0372. The molecule has 0 bridgehead atoms. The summed E-state index contributed by atoms with van der Waals surface area (Å²) in [6.07, 6.45) is -3.00. The van der Waals surface area contributed by atoms with Crippen LogP contribution in [-0.4, -0.2) is 44.6 Å². The van der Waals surface area contributed by atoms with Gasteiger partial charge in [0, 0.05) is 12.2 Å². The van der Waals surface area contributed by atoms with Gasteiger partial charge in [-0.05, 0) is 46.2 Å². The number of carbonyl (C=O) groups excluding carboxylic acids is 1. The van der Waals surface area contributed by atoms with Crippen molar-refractivity contribution in [3.63, 3.8) is 0 Å². The average Bonchev–Trinajstić information content (AvgIpc) is 2.38. The third kappa shape index (κ3) is 5.87. The Morgan fingerprint density at radius 3 is 2.59 bits per heavy atom. The van der Waals surface area contributed by atoms with E-state index in [9.17, 15) is 20.1 Å². The van der Waals surface area contributed by atoms with Gasteiger partial charge in [-0.25, -0.2) is 4.79 Å². The molecule has 124 valence electrons. The number of aliphatic hydroxyl groups is 2. The molecule has 1 heterocycles. The number of aromatic hydroxyl groups is 1. The third-order valence-electron chi connectivity index (χ3n) is 2.79. The van der Waals surface area contributed by atoms with Gasteiger partial charge >= 0.3 is 6.09 Å². The molecule has 0 radical (unpaired) electrons. The van der Waals surface area contributed by atoms with E-state index >= 15 is 0 Å². The number of alkyl carbamates (subject to hydrolysis) is 1. The molecule has 2 unspecified atom stereocenters. The molecule has 0 aliphatic rings. The predicted molar refractivity (Wildman–Crippen MR) is 80.5 cm³/mol. The normalized spacial score (nSPS) is 14.3. The Bertz CT molecular complexity index is 513. The SMILES string of the molecule is Cc1ccc(O)c(C(O)C(O)CCNC(=O)OC(C)(C)C)n1. The fourth-order valence-corrected chi connectivity index (χ4v) is 1.76. The highest BCUT2D eigenvalue weighted by Gasteiger charge is 2.23. The maximum Gasteiger partial charge on any atom is 0.407 e.